The van der Waals surface area contributed by atoms with E-state index in [1.807, 2.05) is 26.8 Å². The standard InChI is InChI=1S/C10H16N2.C2H6/c1-8-6-5-7-10(11-8)9(2)12(3)4;1-2/h5-7,9H,1-4H3;1-2H3. The molecule has 2 heteroatoms. The highest BCUT2D eigenvalue weighted by atomic mass is 15.1. The quantitative estimate of drug-likeness (QED) is 0.719. The summed E-state index contributed by atoms with van der Waals surface area (Å²) in [5.74, 6) is 0. The van der Waals surface area contributed by atoms with Gasteiger partial charge >= 0.3 is 0 Å². The molecule has 80 valence electrons. The molecule has 0 spiro atoms. The fourth-order valence-corrected chi connectivity index (χ4v) is 1.06. The van der Waals surface area contributed by atoms with Gasteiger partial charge in [-0.3, -0.25) is 4.98 Å². The van der Waals surface area contributed by atoms with Gasteiger partial charge in [0, 0.05) is 11.7 Å². The van der Waals surface area contributed by atoms with Crippen LogP contribution in [0.3, 0.4) is 0 Å². The van der Waals surface area contributed by atoms with Gasteiger partial charge in [-0.25, -0.2) is 0 Å². The van der Waals surface area contributed by atoms with E-state index in [1.165, 1.54) is 0 Å². The molecule has 1 atom stereocenters. The van der Waals surface area contributed by atoms with Gasteiger partial charge in [-0.2, -0.15) is 0 Å². The van der Waals surface area contributed by atoms with Crippen molar-refractivity contribution in [2.75, 3.05) is 14.1 Å². The minimum atomic E-state index is 0.393. The Balaban J connectivity index is 0.000000791. The zero-order valence-electron chi connectivity index (χ0n) is 10.2. The van der Waals surface area contributed by atoms with E-state index >= 15 is 0 Å². The summed E-state index contributed by atoms with van der Waals surface area (Å²) in [6, 6.07) is 6.53. The molecule has 1 unspecified atom stereocenters. The fourth-order valence-electron chi connectivity index (χ4n) is 1.06. The van der Waals surface area contributed by atoms with Crippen molar-refractivity contribution in [1.29, 1.82) is 0 Å². The Morgan fingerprint density at radius 3 is 2.21 bits per heavy atom. The van der Waals surface area contributed by atoms with Crippen molar-refractivity contribution < 1.29 is 0 Å². The van der Waals surface area contributed by atoms with Crippen molar-refractivity contribution in [2.45, 2.75) is 33.7 Å². The highest BCUT2D eigenvalue weighted by Gasteiger charge is 2.07. The van der Waals surface area contributed by atoms with Crippen molar-refractivity contribution in [1.82, 2.24) is 9.88 Å². The molecule has 0 aliphatic heterocycles. The predicted octanol–water partition coefficient (Wildman–Crippen LogP) is 3.04. The number of rotatable bonds is 2. The Bertz CT molecular complexity index is 256. The van der Waals surface area contributed by atoms with Gasteiger partial charge in [0.2, 0.25) is 0 Å². The molecule has 0 saturated heterocycles. The Hall–Kier alpha value is -0.890. The molecule has 0 aliphatic rings. The Morgan fingerprint density at radius 2 is 1.79 bits per heavy atom. The normalized spacial score (nSPS) is 11.9. The molecule has 0 amide bonds. The number of aryl methyl sites for hydroxylation is 1. The van der Waals surface area contributed by atoms with Crippen molar-refractivity contribution in [2.24, 2.45) is 0 Å². The van der Waals surface area contributed by atoms with Crippen LogP contribution in [0.25, 0.3) is 0 Å². The lowest BCUT2D eigenvalue weighted by molar-refractivity contribution is 0.315. The third-order valence-corrected chi connectivity index (χ3v) is 2.11. The van der Waals surface area contributed by atoms with Crippen LogP contribution in [0.1, 0.15) is 38.2 Å². The van der Waals surface area contributed by atoms with Crippen LogP contribution in [0.2, 0.25) is 0 Å². The Kier molecular flexibility index (Phi) is 6.13. The third-order valence-electron chi connectivity index (χ3n) is 2.11. The first-order chi connectivity index (χ1) is 6.61. The maximum absolute atomic E-state index is 4.45. The van der Waals surface area contributed by atoms with Crippen LogP contribution in [-0.2, 0) is 0 Å². The van der Waals surface area contributed by atoms with Gasteiger partial charge in [-0.1, -0.05) is 19.9 Å². The molecule has 2 nitrogen and oxygen atoms in total. The zero-order chi connectivity index (χ0) is 11.1. The first-order valence-corrected chi connectivity index (χ1v) is 5.21. The van der Waals surface area contributed by atoms with Gasteiger partial charge in [0.25, 0.3) is 0 Å². The van der Waals surface area contributed by atoms with E-state index in [0.717, 1.165) is 11.4 Å². The second-order valence-corrected chi connectivity index (χ2v) is 3.34. The molecule has 1 aromatic heterocycles. The monoisotopic (exact) mass is 194 g/mol. The van der Waals surface area contributed by atoms with Crippen LogP contribution in [-0.4, -0.2) is 24.0 Å². The smallest absolute Gasteiger partial charge is 0.0575 e. The highest BCUT2D eigenvalue weighted by Crippen LogP contribution is 2.14. The molecule has 0 saturated carbocycles. The van der Waals surface area contributed by atoms with Crippen molar-refractivity contribution in [3.8, 4) is 0 Å². The molecule has 0 aromatic carbocycles. The van der Waals surface area contributed by atoms with Crippen molar-refractivity contribution >= 4 is 0 Å². The molecule has 0 bridgehead atoms. The van der Waals surface area contributed by atoms with E-state index < -0.39 is 0 Å². The number of nitrogens with zero attached hydrogens (tertiary/aromatic N) is 2. The highest BCUT2D eigenvalue weighted by molar-refractivity contribution is 5.12. The van der Waals surface area contributed by atoms with Crippen LogP contribution in [0.15, 0.2) is 18.2 Å². The predicted molar refractivity (Wildman–Crippen MR) is 62.4 cm³/mol. The van der Waals surface area contributed by atoms with E-state index in [4.69, 9.17) is 0 Å². The Labute approximate surface area is 88.0 Å². The van der Waals surface area contributed by atoms with Crippen LogP contribution in [0.5, 0.6) is 0 Å². The minimum Gasteiger partial charge on any atom is -0.301 e. The second kappa shape index (κ2) is 6.55. The van der Waals surface area contributed by atoms with Crippen molar-refractivity contribution in [3.05, 3.63) is 29.6 Å². The SMILES string of the molecule is CC.Cc1cccc(C(C)N(C)C)n1. The van der Waals surface area contributed by atoms with Crippen LogP contribution in [0.4, 0.5) is 0 Å². The molecule has 1 aromatic rings. The number of pyridine rings is 1. The van der Waals surface area contributed by atoms with E-state index in [-0.39, 0.29) is 0 Å². The van der Waals surface area contributed by atoms with Gasteiger partial charge in [0.05, 0.1) is 5.69 Å². The summed E-state index contributed by atoms with van der Waals surface area (Å²) >= 11 is 0. The molecule has 14 heavy (non-hydrogen) atoms. The summed E-state index contributed by atoms with van der Waals surface area (Å²) in [4.78, 5) is 6.61. The summed E-state index contributed by atoms with van der Waals surface area (Å²) in [6.07, 6.45) is 0. The zero-order valence-corrected chi connectivity index (χ0v) is 10.2. The van der Waals surface area contributed by atoms with E-state index in [9.17, 15) is 0 Å². The van der Waals surface area contributed by atoms with Crippen LogP contribution >= 0.6 is 0 Å². The molecule has 0 fully saturated rings. The van der Waals surface area contributed by atoms with E-state index in [1.54, 1.807) is 0 Å². The van der Waals surface area contributed by atoms with E-state index in [0.29, 0.717) is 6.04 Å². The summed E-state index contributed by atoms with van der Waals surface area (Å²) in [5.41, 5.74) is 2.22. The molecule has 0 N–H and O–H groups in total. The van der Waals surface area contributed by atoms with Gasteiger partial charge in [-0.05, 0) is 40.1 Å². The summed E-state index contributed by atoms with van der Waals surface area (Å²) in [5, 5.41) is 0. The molecule has 1 rings (SSSR count). The third kappa shape index (κ3) is 3.88. The number of hydrogen-bond donors (Lipinski definition) is 0. The average Bonchev–Trinajstić information content (AvgIpc) is 2.19. The molecule has 0 radical (unpaired) electrons. The lowest BCUT2D eigenvalue weighted by atomic mass is 10.2. The number of hydrogen-bond acceptors (Lipinski definition) is 2. The van der Waals surface area contributed by atoms with E-state index in [2.05, 4.69) is 43.0 Å². The molecule has 1 heterocycles. The lowest BCUT2D eigenvalue weighted by Crippen LogP contribution is -2.17. The van der Waals surface area contributed by atoms with Gasteiger partial charge < -0.3 is 4.90 Å². The van der Waals surface area contributed by atoms with Gasteiger partial charge in [0.15, 0.2) is 0 Å². The largest absolute Gasteiger partial charge is 0.301 e. The first kappa shape index (κ1) is 13.1. The maximum Gasteiger partial charge on any atom is 0.0575 e. The first-order valence-electron chi connectivity index (χ1n) is 5.21. The van der Waals surface area contributed by atoms with Gasteiger partial charge in [0.1, 0.15) is 0 Å². The number of aromatic nitrogens is 1. The van der Waals surface area contributed by atoms with Gasteiger partial charge in [-0.15, -0.1) is 0 Å². The molecular formula is C12H22N2. The summed E-state index contributed by atoms with van der Waals surface area (Å²) < 4.78 is 0. The van der Waals surface area contributed by atoms with Crippen LogP contribution in [0, 0.1) is 6.92 Å². The lowest BCUT2D eigenvalue weighted by Gasteiger charge is -2.19. The minimum absolute atomic E-state index is 0.393. The second-order valence-electron chi connectivity index (χ2n) is 3.34. The summed E-state index contributed by atoms with van der Waals surface area (Å²) in [6.45, 7) is 8.17. The molecule has 0 aliphatic carbocycles. The van der Waals surface area contributed by atoms with Crippen molar-refractivity contribution in [3.63, 3.8) is 0 Å². The summed E-state index contributed by atoms with van der Waals surface area (Å²) in [7, 11) is 4.13. The maximum atomic E-state index is 4.45. The fraction of sp³-hybridized carbons (Fsp3) is 0.583. The Morgan fingerprint density at radius 1 is 1.21 bits per heavy atom. The van der Waals surface area contributed by atoms with Crippen LogP contribution < -0.4 is 0 Å². The average molecular weight is 194 g/mol. The topological polar surface area (TPSA) is 16.1 Å². The molecular weight excluding hydrogens is 172 g/mol.